The van der Waals surface area contributed by atoms with Gasteiger partial charge in [0.05, 0.1) is 11.0 Å². The average molecular weight is 499 g/mol. The Balaban J connectivity index is 1.42. The van der Waals surface area contributed by atoms with Crippen molar-refractivity contribution in [2.45, 2.75) is 5.92 Å². The van der Waals surface area contributed by atoms with Crippen molar-refractivity contribution < 1.29 is 0 Å². The van der Waals surface area contributed by atoms with Gasteiger partial charge in [-0.2, -0.15) is 0 Å². The SMILES string of the molecule is Nc1ccc2c(c1-c1ccc3c(c1)c1ccccc1n3-c1ccccc1)C(c1ccccc1)c1ccccc1-2. The topological polar surface area (TPSA) is 30.9 Å². The zero-order valence-corrected chi connectivity index (χ0v) is 21.4. The van der Waals surface area contributed by atoms with Crippen molar-refractivity contribution in [3.63, 3.8) is 0 Å². The summed E-state index contributed by atoms with van der Waals surface area (Å²) in [6, 6.07) is 50.0. The van der Waals surface area contributed by atoms with Crippen molar-refractivity contribution in [1.82, 2.24) is 4.57 Å². The Morgan fingerprint density at radius 2 is 1.23 bits per heavy atom. The number of hydrogen-bond donors (Lipinski definition) is 1. The number of rotatable bonds is 3. The number of benzene rings is 6. The summed E-state index contributed by atoms with van der Waals surface area (Å²) in [6.45, 7) is 0. The van der Waals surface area contributed by atoms with Gasteiger partial charge in [-0.3, -0.25) is 0 Å². The van der Waals surface area contributed by atoms with E-state index in [9.17, 15) is 0 Å². The van der Waals surface area contributed by atoms with Crippen LogP contribution in [0.2, 0.25) is 0 Å². The summed E-state index contributed by atoms with van der Waals surface area (Å²) in [4.78, 5) is 0. The molecule has 0 saturated heterocycles. The summed E-state index contributed by atoms with van der Waals surface area (Å²) in [6.07, 6.45) is 0. The highest BCUT2D eigenvalue weighted by Gasteiger charge is 2.33. The fraction of sp³-hybridized carbons (Fsp3) is 0.0270. The van der Waals surface area contributed by atoms with E-state index in [4.69, 9.17) is 5.73 Å². The minimum atomic E-state index is 0.136. The van der Waals surface area contributed by atoms with E-state index in [1.165, 1.54) is 49.6 Å². The van der Waals surface area contributed by atoms with Crippen LogP contribution in [-0.4, -0.2) is 4.57 Å². The van der Waals surface area contributed by atoms with Crippen LogP contribution in [0.25, 0.3) is 49.7 Å². The molecule has 7 aromatic rings. The van der Waals surface area contributed by atoms with Gasteiger partial charge in [0, 0.05) is 33.6 Å². The maximum atomic E-state index is 6.85. The third-order valence-electron chi connectivity index (χ3n) is 8.24. The van der Waals surface area contributed by atoms with Crippen LogP contribution in [0.15, 0.2) is 140 Å². The zero-order chi connectivity index (χ0) is 25.9. The highest BCUT2D eigenvalue weighted by atomic mass is 15.0. The lowest BCUT2D eigenvalue weighted by molar-refractivity contribution is 1.02. The van der Waals surface area contributed by atoms with Crippen LogP contribution in [0, 0.1) is 0 Å². The minimum Gasteiger partial charge on any atom is -0.398 e. The fourth-order valence-corrected chi connectivity index (χ4v) is 6.62. The van der Waals surface area contributed by atoms with E-state index in [-0.39, 0.29) is 5.92 Å². The molecule has 2 N–H and O–H groups in total. The summed E-state index contributed by atoms with van der Waals surface area (Å²) >= 11 is 0. The van der Waals surface area contributed by atoms with Gasteiger partial charge >= 0.3 is 0 Å². The molecule has 1 aromatic heterocycles. The quantitative estimate of drug-likeness (QED) is 0.242. The number of nitrogens with two attached hydrogens (primary N) is 1. The molecule has 1 heterocycles. The van der Waals surface area contributed by atoms with Crippen LogP contribution in [0.3, 0.4) is 0 Å². The Morgan fingerprint density at radius 3 is 2.08 bits per heavy atom. The molecule has 184 valence electrons. The highest BCUT2D eigenvalue weighted by Crippen LogP contribution is 2.53. The van der Waals surface area contributed by atoms with Crippen molar-refractivity contribution in [2.75, 3.05) is 5.73 Å². The van der Waals surface area contributed by atoms with Crippen LogP contribution in [0.4, 0.5) is 5.69 Å². The van der Waals surface area contributed by atoms with Crippen LogP contribution >= 0.6 is 0 Å². The highest BCUT2D eigenvalue weighted by molar-refractivity contribution is 6.11. The third-order valence-corrected chi connectivity index (χ3v) is 8.24. The number of anilines is 1. The largest absolute Gasteiger partial charge is 0.398 e. The molecule has 1 unspecified atom stereocenters. The molecular formula is C37H26N2. The first-order valence-electron chi connectivity index (χ1n) is 13.5. The Morgan fingerprint density at radius 1 is 0.538 bits per heavy atom. The Hall–Kier alpha value is -5.08. The molecule has 2 nitrogen and oxygen atoms in total. The Kier molecular flexibility index (Phi) is 4.77. The van der Waals surface area contributed by atoms with Crippen molar-refractivity contribution >= 4 is 27.5 Å². The van der Waals surface area contributed by atoms with E-state index in [1.807, 2.05) is 0 Å². The number of para-hydroxylation sites is 2. The van der Waals surface area contributed by atoms with Crippen molar-refractivity contribution in [1.29, 1.82) is 0 Å². The van der Waals surface area contributed by atoms with Crippen LogP contribution in [0.1, 0.15) is 22.6 Å². The maximum Gasteiger partial charge on any atom is 0.0541 e. The van der Waals surface area contributed by atoms with E-state index in [2.05, 4.69) is 144 Å². The second-order valence-electron chi connectivity index (χ2n) is 10.3. The number of nitrogens with zero attached hydrogens (tertiary/aromatic N) is 1. The molecule has 0 spiro atoms. The molecule has 0 radical (unpaired) electrons. The molecule has 0 aliphatic heterocycles. The molecule has 0 fully saturated rings. The monoisotopic (exact) mass is 498 g/mol. The second-order valence-corrected chi connectivity index (χ2v) is 10.3. The summed E-state index contributed by atoms with van der Waals surface area (Å²) in [5.74, 6) is 0.136. The lowest BCUT2D eigenvalue weighted by Gasteiger charge is -2.20. The van der Waals surface area contributed by atoms with Gasteiger partial charge in [0.1, 0.15) is 0 Å². The van der Waals surface area contributed by atoms with Gasteiger partial charge in [0.2, 0.25) is 0 Å². The molecule has 0 saturated carbocycles. The lowest BCUT2D eigenvalue weighted by Crippen LogP contribution is -2.03. The van der Waals surface area contributed by atoms with Crippen molar-refractivity contribution in [3.8, 4) is 27.9 Å². The van der Waals surface area contributed by atoms with E-state index in [0.717, 1.165) is 22.5 Å². The normalized spacial score (nSPS) is 14.0. The molecule has 1 aliphatic rings. The minimum absolute atomic E-state index is 0.136. The standard InChI is InChI=1S/C37H26N2/c38-32-21-20-30-27-15-7-8-17-29(27)35(24-11-3-1-4-12-24)37(30)36(32)25-19-22-34-31(23-25)28-16-9-10-18-33(28)39(34)26-13-5-2-6-14-26/h1-23,35H,38H2. The fourth-order valence-electron chi connectivity index (χ4n) is 6.62. The van der Waals surface area contributed by atoms with Gasteiger partial charge in [0.15, 0.2) is 0 Å². The lowest BCUT2D eigenvalue weighted by atomic mass is 9.84. The molecule has 39 heavy (non-hydrogen) atoms. The third kappa shape index (κ3) is 3.22. The first-order valence-corrected chi connectivity index (χ1v) is 13.5. The predicted octanol–water partition coefficient (Wildman–Crippen LogP) is 9.19. The van der Waals surface area contributed by atoms with Gasteiger partial charge in [-0.1, -0.05) is 103 Å². The Bertz CT molecular complexity index is 2020. The molecule has 0 bridgehead atoms. The molecular weight excluding hydrogens is 472 g/mol. The van der Waals surface area contributed by atoms with E-state index < -0.39 is 0 Å². The van der Waals surface area contributed by atoms with E-state index in [0.29, 0.717) is 0 Å². The smallest absolute Gasteiger partial charge is 0.0541 e. The zero-order valence-electron chi connectivity index (χ0n) is 21.4. The molecule has 0 amide bonds. The average Bonchev–Trinajstić information content (AvgIpc) is 3.50. The first kappa shape index (κ1) is 22.0. The van der Waals surface area contributed by atoms with E-state index >= 15 is 0 Å². The maximum absolute atomic E-state index is 6.85. The summed E-state index contributed by atoms with van der Waals surface area (Å²) in [5, 5.41) is 2.47. The van der Waals surface area contributed by atoms with Crippen molar-refractivity contribution in [3.05, 3.63) is 156 Å². The van der Waals surface area contributed by atoms with Gasteiger partial charge in [-0.25, -0.2) is 0 Å². The first-order chi connectivity index (χ1) is 19.3. The number of nitrogen functional groups attached to an aromatic ring is 1. The predicted molar refractivity (Wildman–Crippen MR) is 163 cm³/mol. The van der Waals surface area contributed by atoms with Gasteiger partial charge < -0.3 is 10.3 Å². The van der Waals surface area contributed by atoms with Gasteiger partial charge in [0.25, 0.3) is 0 Å². The molecule has 1 atom stereocenters. The Labute approximate surface area is 227 Å². The van der Waals surface area contributed by atoms with Gasteiger partial charge in [-0.05, 0) is 69.8 Å². The van der Waals surface area contributed by atoms with Crippen molar-refractivity contribution in [2.24, 2.45) is 0 Å². The van der Waals surface area contributed by atoms with Gasteiger partial charge in [-0.15, -0.1) is 0 Å². The molecule has 6 aromatic carbocycles. The molecule has 8 rings (SSSR count). The van der Waals surface area contributed by atoms with E-state index in [1.54, 1.807) is 0 Å². The molecule has 2 heteroatoms. The van der Waals surface area contributed by atoms with Crippen LogP contribution in [-0.2, 0) is 0 Å². The molecule has 1 aliphatic carbocycles. The summed E-state index contributed by atoms with van der Waals surface area (Å²) in [5.41, 5.74) is 20.0. The van der Waals surface area contributed by atoms with Crippen LogP contribution in [0.5, 0.6) is 0 Å². The van der Waals surface area contributed by atoms with Crippen LogP contribution < -0.4 is 5.73 Å². The number of hydrogen-bond acceptors (Lipinski definition) is 1. The second kappa shape index (κ2) is 8.47. The summed E-state index contributed by atoms with van der Waals surface area (Å²) in [7, 11) is 0. The number of aromatic nitrogens is 1. The summed E-state index contributed by atoms with van der Waals surface area (Å²) < 4.78 is 2.36. The number of fused-ring (bicyclic) bond motifs is 6.